The number of benzene rings is 2. The molecule has 1 aromatic heterocycles. The van der Waals surface area contributed by atoms with E-state index in [1.165, 1.54) is 18.2 Å². The van der Waals surface area contributed by atoms with E-state index in [9.17, 15) is 22.0 Å². The zero-order valence-electron chi connectivity index (χ0n) is 19.3. The highest BCUT2D eigenvalue weighted by molar-refractivity contribution is 5.25. The van der Waals surface area contributed by atoms with Crippen LogP contribution in [-0.2, 0) is 30.5 Å². The van der Waals surface area contributed by atoms with Crippen LogP contribution in [0.5, 0.6) is 0 Å². The second kappa shape index (κ2) is 11.3. The number of nitrogens with zero attached hydrogens (tertiary/aromatic N) is 3. The minimum absolute atomic E-state index is 0.433. The van der Waals surface area contributed by atoms with Gasteiger partial charge in [0, 0.05) is 57.7 Å². The van der Waals surface area contributed by atoms with Gasteiger partial charge < -0.3 is 9.30 Å². The molecule has 0 atom stereocenters. The number of hydrogen-bond donors (Lipinski definition) is 0. The monoisotopic (exact) mass is 493 g/mol. The molecule has 0 N–H and O–H groups in total. The number of rotatable bonds is 9. The number of aromatic nitrogens is 1. The molecule has 0 unspecified atom stereocenters. The van der Waals surface area contributed by atoms with Crippen LogP contribution in [-0.4, -0.2) is 53.8 Å². The second-order valence-electron chi connectivity index (χ2n) is 8.74. The van der Waals surface area contributed by atoms with Gasteiger partial charge in [0.1, 0.15) is 0 Å². The number of morpholine rings is 1. The van der Waals surface area contributed by atoms with Gasteiger partial charge in [-0.15, -0.1) is 0 Å². The fourth-order valence-corrected chi connectivity index (χ4v) is 4.19. The molecule has 4 nitrogen and oxygen atoms in total. The molecular formula is C26H28F5N3O. The molecule has 1 aliphatic rings. The van der Waals surface area contributed by atoms with Crippen LogP contribution in [0.4, 0.5) is 22.0 Å². The zero-order chi connectivity index (χ0) is 24.8. The molecule has 0 saturated carbocycles. The highest BCUT2D eigenvalue weighted by atomic mass is 19.4. The first-order valence-electron chi connectivity index (χ1n) is 11.5. The molecule has 0 amide bonds. The van der Waals surface area contributed by atoms with Crippen LogP contribution in [0.2, 0.25) is 0 Å². The Hall–Kier alpha value is -2.75. The van der Waals surface area contributed by atoms with Gasteiger partial charge in [-0.25, -0.2) is 8.78 Å². The Balaban J connectivity index is 1.46. The number of halogens is 5. The van der Waals surface area contributed by atoms with E-state index in [0.717, 1.165) is 49.1 Å². The van der Waals surface area contributed by atoms with Crippen molar-refractivity contribution in [1.29, 1.82) is 0 Å². The Kier molecular flexibility index (Phi) is 8.20. The smallest absolute Gasteiger partial charge is 0.379 e. The summed E-state index contributed by atoms with van der Waals surface area (Å²) in [4.78, 5) is 4.48. The van der Waals surface area contributed by atoms with E-state index in [4.69, 9.17) is 4.74 Å². The van der Waals surface area contributed by atoms with Gasteiger partial charge in [-0.1, -0.05) is 18.2 Å². The van der Waals surface area contributed by atoms with Crippen molar-refractivity contribution in [2.24, 2.45) is 0 Å². The molecule has 2 heterocycles. The first-order valence-corrected chi connectivity index (χ1v) is 11.5. The lowest BCUT2D eigenvalue weighted by Gasteiger charge is -2.30. The van der Waals surface area contributed by atoms with E-state index < -0.39 is 23.4 Å². The van der Waals surface area contributed by atoms with E-state index in [-0.39, 0.29) is 0 Å². The molecule has 0 radical (unpaired) electrons. The van der Waals surface area contributed by atoms with Crippen LogP contribution in [0.1, 0.15) is 22.4 Å². The summed E-state index contributed by atoms with van der Waals surface area (Å²) in [5.74, 6) is -1.75. The van der Waals surface area contributed by atoms with E-state index in [1.54, 1.807) is 6.07 Å². The highest BCUT2D eigenvalue weighted by Gasteiger charge is 2.29. The summed E-state index contributed by atoms with van der Waals surface area (Å²) in [7, 11) is 0. The van der Waals surface area contributed by atoms with Gasteiger partial charge in [0.2, 0.25) is 0 Å². The predicted molar refractivity (Wildman–Crippen MR) is 123 cm³/mol. The lowest BCUT2D eigenvalue weighted by atomic mass is 10.1. The average Bonchev–Trinajstić information content (AvgIpc) is 3.26. The van der Waals surface area contributed by atoms with E-state index in [2.05, 4.69) is 9.80 Å². The van der Waals surface area contributed by atoms with E-state index >= 15 is 0 Å². The van der Waals surface area contributed by atoms with Crippen molar-refractivity contribution in [1.82, 2.24) is 14.4 Å². The lowest BCUT2D eigenvalue weighted by Crippen LogP contribution is -2.41. The molecule has 3 aromatic rings. The minimum atomic E-state index is -4.36. The van der Waals surface area contributed by atoms with Crippen LogP contribution in [0.15, 0.2) is 60.8 Å². The van der Waals surface area contributed by atoms with Crippen molar-refractivity contribution in [3.05, 3.63) is 94.8 Å². The van der Waals surface area contributed by atoms with Crippen molar-refractivity contribution in [2.45, 2.75) is 25.8 Å². The summed E-state index contributed by atoms with van der Waals surface area (Å²) in [5, 5.41) is 0. The largest absolute Gasteiger partial charge is 0.416 e. The standard InChI is InChI=1S/C26H28F5N3O/c27-24-8-5-21(16-25(24)28)17-33(11-10-32-12-14-35-15-13-32)19-23-2-1-9-34(23)18-20-3-6-22(7-4-20)26(29,30)31/h1-9,16H,10-15,17-19H2. The summed E-state index contributed by atoms with van der Waals surface area (Å²) in [6.07, 6.45) is -2.47. The average molecular weight is 494 g/mol. The van der Waals surface area contributed by atoms with Crippen molar-refractivity contribution >= 4 is 0 Å². The molecule has 4 rings (SSSR count). The van der Waals surface area contributed by atoms with Gasteiger partial charge in [-0.2, -0.15) is 13.2 Å². The Morgan fingerprint density at radius 1 is 0.857 bits per heavy atom. The molecule has 188 valence electrons. The molecule has 0 spiro atoms. The van der Waals surface area contributed by atoms with Crippen molar-refractivity contribution < 1.29 is 26.7 Å². The molecule has 35 heavy (non-hydrogen) atoms. The normalized spacial score (nSPS) is 15.1. The molecule has 1 fully saturated rings. The molecule has 2 aromatic carbocycles. The summed E-state index contributed by atoms with van der Waals surface area (Å²) in [5.41, 5.74) is 1.74. The first-order chi connectivity index (χ1) is 16.8. The van der Waals surface area contributed by atoms with Crippen LogP contribution >= 0.6 is 0 Å². The zero-order valence-corrected chi connectivity index (χ0v) is 19.3. The number of hydrogen-bond acceptors (Lipinski definition) is 3. The van der Waals surface area contributed by atoms with Crippen molar-refractivity contribution in [3.8, 4) is 0 Å². The third kappa shape index (κ3) is 7.13. The van der Waals surface area contributed by atoms with Gasteiger partial charge in [0.05, 0.1) is 18.8 Å². The van der Waals surface area contributed by atoms with Gasteiger partial charge in [0.15, 0.2) is 11.6 Å². The molecular weight excluding hydrogens is 465 g/mol. The molecule has 1 saturated heterocycles. The predicted octanol–water partition coefficient (Wildman–Crippen LogP) is 5.17. The SMILES string of the molecule is Fc1ccc(CN(CCN2CCOCC2)Cc2cccn2Cc2ccc(C(F)(F)F)cc2)cc1F. The number of ether oxygens (including phenoxy) is 1. The van der Waals surface area contributed by atoms with Crippen molar-refractivity contribution in [2.75, 3.05) is 39.4 Å². The number of alkyl halides is 3. The van der Waals surface area contributed by atoms with Crippen LogP contribution in [0.25, 0.3) is 0 Å². The molecule has 9 heteroatoms. The van der Waals surface area contributed by atoms with E-state index in [1.807, 2.05) is 22.9 Å². The van der Waals surface area contributed by atoms with Gasteiger partial charge >= 0.3 is 6.18 Å². The highest BCUT2D eigenvalue weighted by Crippen LogP contribution is 2.29. The summed E-state index contributed by atoms with van der Waals surface area (Å²) in [6.45, 7) is 6.04. The van der Waals surface area contributed by atoms with E-state index in [0.29, 0.717) is 45.0 Å². The van der Waals surface area contributed by atoms with Gasteiger partial charge in [-0.05, 0) is 47.5 Å². The van der Waals surface area contributed by atoms with Crippen molar-refractivity contribution in [3.63, 3.8) is 0 Å². The molecule has 1 aliphatic heterocycles. The third-order valence-electron chi connectivity index (χ3n) is 6.17. The quantitative estimate of drug-likeness (QED) is 0.384. The Bertz CT molecular complexity index is 1090. The van der Waals surface area contributed by atoms with Gasteiger partial charge in [0.25, 0.3) is 0 Å². The first kappa shape index (κ1) is 25.3. The Labute approximate surface area is 201 Å². The summed E-state index contributed by atoms with van der Waals surface area (Å²) >= 11 is 0. The van der Waals surface area contributed by atoms with Crippen LogP contribution in [0.3, 0.4) is 0 Å². The maximum atomic E-state index is 13.8. The third-order valence-corrected chi connectivity index (χ3v) is 6.17. The molecule has 0 bridgehead atoms. The van der Waals surface area contributed by atoms with Crippen LogP contribution < -0.4 is 0 Å². The lowest BCUT2D eigenvalue weighted by molar-refractivity contribution is -0.137. The summed E-state index contributed by atoms with van der Waals surface area (Å²) < 4.78 is 73.2. The van der Waals surface area contributed by atoms with Gasteiger partial charge in [-0.3, -0.25) is 9.80 Å². The molecule has 0 aliphatic carbocycles. The summed E-state index contributed by atoms with van der Waals surface area (Å²) in [6, 6.07) is 13.0. The maximum Gasteiger partial charge on any atom is 0.416 e. The second-order valence-corrected chi connectivity index (χ2v) is 8.74. The van der Waals surface area contributed by atoms with Crippen LogP contribution in [0, 0.1) is 11.6 Å². The minimum Gasteiger partial charge on any atom is -0.379 e. The Morgan fingerprint density at radius 3 is 2.26 bits per heavy atom. The Morgan fingerprint density at radius 2 is 1.57 bits per heavy atom. The fourth-order valence-electron chi connectivity index (χ4n) is 4.19. The maximum absolute atomic E-state index is 13.8. The topological polar surface area (TPSA) is 20.6 Å². The fraction of sp³-hybridized carbons (Fsp3) is 0.385.